The minimum atomic E-state index is 0.112. The highest BCUT2D eigenvalue weighted by atomic mass is 16.5. The molecule has 0 bridgehead atoms. The molecule has 0 saturated heterocycles. The van der Waals surface area contributed by atoms with Crippen LogP contribution in [0.25, 0.3) is 0 Å². The van der Waals surface area contributed by atoms with Gasteiger partial charge in [0, 0.05) is 12.1 Å². The number of benzene rings is 1. The van der Waals surface area contributed by atoms with E-state index in [0.717, 1.165) is 12.2 Å². The van der Waals surface area contributed by atoms with Crippen LogP contribution in [0.15, 0.2) is 24.3 Å². The van der Waals surface area contributed by atoms with Crippen molar-refractivity contribution in [3.63, 3.8) is 0 Å². The van der Waals surface area contributed by atoms with Crippen LogP contribution < -0.4 is 10.1 Å². The fourth-order valence-electron chi connectivity index (χ4n) is 2.28. The highest BCUT2D eigenvalue weighted by Crippen LogP contribution is 2.24. The monoisotopic (exact) mass is 265 g/mol. The van der Waals surface area contributed by atoms with Gasteiger partial charge in [-0.05, 0) is 36.5 Å². The second-order valence-corrected chi connectivity index (χ2v) is 6.31. The first-order valence-electron chi connectivity index (χ1n) is 6.86. The third-order valence-electron chi connectivity index (χ3n) is 3.16. The molecule has 19 heavy (non-hydrogen) atoms. The summed E-state index contributed by atoms with van der Waals surface area (Å²) >= 11 is 0. The topological polar surface area (TPSA) is 41.5 Å². The zero-order chi connectivity index (χ0) is 14.5. The Balaban J connectivity index is 2.68. The molecule has 1 aromatic rings. The first-order valence-corrected chi connectivity index (χ1v) is 6.86. The highest BCUT2D eigenvalue weighted by molar-refractivity contribution is 5.30. The van der Waals surface area contributed by atoms with Crippen molar-refractivity contribution in [2.24, 2.45) is 5.41 Å². The van der Waals surface area contributed by atoms with Gasteiger partial charge in [-0.3, -0.25) is 0 Å². The summed E-state index contributed by atoms with van der Waals surface area (Å²) in [6, 6.07) is 8.34. The largest absolute Gasteiger partial charge is 0.497 e. The fraction of sp³-hybridized carbons (Fsp3) is 0.625. The zero-order valence-electron chi connectivity index (χ0n) is 12.7. The fourth-order valence-corrected chi connectivity index (χ4v) is 2.28. The Bertz CT molecular complexity index is 385. The van der Waals surface area contributed by atoms with Gasteiger partial charge in [0.05, 0.1) is 13.7 Å². The molecule has 0 aliphatic rings. The minimum Gasteiger partial charge on any atom is -0.497 e. The molecule has 108 valence electrons. The molecular weight excluding hydrogens is 238 g/mol. The molecular formula is C16H27NO2. The van der Waals surface area contributed by atoms with Crippen LogP contribution in [-0.4, -0.2) is 24.9 Å². The van der Waals surface area contributed by atoms with E-state index in [1.165, 1.54) is 5.56 Å². The number of nitrogens with one attached hydrogen (secondary N) is 1. The summed E-state index contributed by atoms with van der Waals surface area (Å²) in [5.41, 5.74) is 1.38. The Kier molecular flexibility index (Phi) is 5.83. The number of aliphatic hydroxyl groups is 1. The van der Waals surface area contributed by atoms with Gasteiger partial charge < -0.3 is 15.2 Å². The number of aliphatic hydroxyl groups excluding tert-OH is 1. The van der Waals surface area contributed by atoms with Crippen molar-refractivity contribution in [2.75, 3.05) is 13.7 Å². The van der Waals surface area contributed by atoms with Crippen molar-refractivity contribution in [1.82, 2.24) is 5.32 Å². The first-order chi connectivity index (χ1) is 8.85. The molecule has 0 aliphatic carbocycles. The number of methoxy groups -OCH3 is 1. The van der Waals surface area contributed by atoms with Crippen LogP contribution in [0.5, 0.6) is 5.75 Å². The maximum Gasteiger partial charge on any atom is 0.119 e. The average molecular weight is 265 g/mol. The van der Waals surface area contributed by atoms with Crippen LogP contribution in [0.1, 0.15) is 45.7 Å². The molecule has 1 aromatic carbocycles. The van der Waals surface area contributed by atoms with Crippen LogP contribution in [0, 0.1) is 5.41 Å². The van der Waals surface area contributed by atoms with Gasteiger partial charge in [0.15, 0.2) is 0 Å². The molecule has 3 nitrogen and oxygen atoms in total. The van der Waals surface area contributed by atoms with Crippen LogP contribution >= 0.6 is 0 Å². The lowest BCUT2D eigenvalue weighted by molar-refractivity contribution is 0.190. The average Bonchev–Trinajstić information content (AvgIpc) is 2.36. The summed E-state index contributed by atoms with van der Waals surface area (Å²) in [4.78, 5) is 0. The molecule has 2 N–H and O–H groups in total. The van der Waals surface area contributed by atoms with Crippen LogP contribution in [0.2, 0.25) is 0 Å². The summed E-state index contributed by atoms with van der Waals surface area (Å²) in [6.45, 7) is 8.83. The van der Waals surface area contributed by atoms with Crippen molar-refractivity contribution in [3.8, 4) is 5.75 Å². The summed E-state index contributed by atoms with van der Waals surface area (Å²) in [7, 11) is 1.67. The smallest absolute Gasteiger partial charge is 0.119 e. The number of hydrogen-bond donors (Lipinski definition) is 2. The van der Waals surface area contributed by atoms with E-state index in [-0.39, 0.29) is 24.1 Å². The molecule has 1 rings (SSSR count). The number of rotatable bonds is 6. The second-order valence-electron chi connectivity index (χ2n) is 6.31. The van der Waals surface area contributed by atoms with Gasteiger partial charge in [-0.1, -0.05) is 32.9 Å². The van der Waals surface area contributed by atoms with Crippen molar-refractivity contribution < 1.29 is 9.84 Å². The highest BCUT2D eigenvalue weighted by Gasteiger charge is 2.20. The summed E-state index contributed by atoms with van der Waals surface area (Å²) in [6.07, 6.45) is 0.942. The normalized spacial score (nSPS) is 15.1. The van der Waals surface area contributed by atoms with Gasteiger partial charge in [0.25, 0.3) is 0 Å². The number of hydrogen-bond acceptors (Lipinski definition) is 3. The first kappa shape index (κ1) is 16.0. The van der Waals surface area contributed by atoms with E-state index in [2.05, 4.69) is 39.1 Å². The summed E-state index contributed by atoms with van der Waals surface area (Å²) in [5, 5.41) is 13.0. The van der Waals surface area contributed by atoms with Crippen LogP contribution in [-0.2, 0) is 0 Å². The second kappa shape index (κ2) is 6.92. The predicted molar refractivity (Wildman–Crippen MR) is 79.5 cm³/mol. The molecule has 0 amide bonds. The number of ether oxygens (including phenoxy) is 1. The van der Waals surface area contributed by atoms with Crippen molar-refractivity contribution in [2.45, 2.75) is 46.2 Å². The molecule has 2 atom stereocenters. The zero-order valence-corrected chi connectivity index (χ0v) is 12.7. The standard InChI is InChI=1S/C16H27NO2/c1-12(13-7-6-8-15(9-13)19-5)17-14(11-18)10-16(2,3)4/h6-9,12,14,17-18H,10-11H2,1-5H3. The van der Waals surface area contributed by atoms with Crippen LogP contribution in [0.4, 0.5) is 0 Å². The Labute approximate surface area is 117 Å². The Morgan fingerprint density at radius 2 is 2.00 bits per heavy atom. The SMILES string of the molecule is COc1cccc(C(C)NC(CO)CC(C)(C)C)c1. The summed E-state index contributed by atoms with van der Waals surface area (Å²) < 4.78 is 5.24. The van der Waals surface area contributed by atoms with Gasteiger partial charge in [-0.2, -0.15) is 0 Å². The Hall–Kier alpha value is -1.06. The quantitative estimate of drug-likeness (QED) is 0.830. The molecule has 0 aromatic heterocycles. The van der Waals surface area contributed by atoms with Gasteiger partial charge in [0.1, 0.15) is 5.75 Å². The Morgan fingerprint density at radius 3 is 2.53 bits per heavy atom. The lowest BCUT2D eigenvalue weighted by Crippen LogP contribution is -2.37. The predicted octanol–water partition coefficient (Wildman–Crippen LogP) is 3.14. The molecule has 0 fully saturated rings. The van der Waals surface area contributed by atoms with E-state index < -0.39 is 0 Å². The third-order valence-corrected chi connectivity index (χ3v) is 3.16. The molecule has 0 heterocycles. The Morgan fingerprint density at radius 1 is 1.32 bits per heavy atom. The van der Waals surface area contributed by atoms with E-state index in [1.807, 2.05) is 18.2 Å². The maximum absolute atomic E-state index is 9.50. The van der Waals surface area contributed by atoms with Crippen LogP contribution in [0.3, 0.4) is 0 Å². The molecule has 0 saturated carbocycles. The van der Waals surface area contributed by atoms with E-state index >= 15 is 0 Å². The third kappa shape index (κ3) is 5.62. The minimum absolute atomic E-state index is 0.112. The van der Waals surface area contributed by atoms with Gasteiger partial charge in [-0.15, -0.1) is 0 Å². The van der Waals surface area contributed by atoms with Gasteiger partial charge >= 0.3 is 0 Å². The summed E-state index contributed by atoms with van der Waals surface area (Å²) in [5.74, 6) is 0.863. The van der Waals surface area contributed by atoms with E-state index in [9.17, 15) is 5.11 Å². The molecule has 2 unspecified atom stereocenters. The molecule has 0 radical (unpaired) electrons. The van der Waals surface area contributed by atoms with Crippen molar-refractivity contribution in [3.05, 3.63) is 29.8 Å². The molecule has 0 aliphatic heterocycles. The van der Waals surface area contributed by atoms with E-state index in [0.29, 0.717) is 0 Å². The van der Waals surface area contributed by atoms with Crippen molar-refractivity contribution in [1.29, 1.82) is 0 Å². The van der Waals surface area contributed by atoms with Crippen molar-refractivity contribution >= 4 is 0 Å². The van der Waals surface area contributed by atoms with Gasteiger partial charge in [-0.25, -0.2) is 0 Å². The maximum atomic E-state index is 9.50. The molecule has 3 heteroatoms. The molecule has 0 spiro atoms. The van der Waals surface area contributed by atoms with E-state index in [1.54, 1.807) is 7.11 Å². The van der Waals surface area contributed by atoms with E-state index in [4.69, 9.17) is 4.74 Å². The lowest BCUT2D eigenvalue weighted by Gasteiger charge is -2.28. The van der Waals surface area contributed by atoms with Gasteiger partial charge in [0.2, 0.25) is 0 Å². The lowest BCUT2D eigenvalue weighted by atomic mass is 9.88.